The molecule has 0 unspecified atom stereocenters. The minimum absolute atomic E-state index is 0.0297. The molecule has 1 saturated carbocycles. The maximum absolute atomic E-state index is 13.1. The summed E-state index contributed by atoms with van der Waals surface area (Å²) in [7, 11) is 3.25. The molecular formula is C37H33N2O7. The van der Waals surface area contributed by atoms with Crippen molar-refractivity contribution in [1.29, 1.82) is 0 Å². The Morgan fingerprint density at radius 1 is 0.891 bits per heavy atom. The van der Waals surface area contributed by atoms with Gasteiger partial charge in [0.15, 0.2) is 0 Å². The Balaban J connectivity index is 1.20. The number of benzene rings is 3. The zero-order valence-electron chi connectivity index (χ0n) is 25.4. The highest BCUT2D eigenvalue weighted by Crippen LogP contribution is 2.43. The summed E-state index contributed by atoms with van der Waals surface area (Å²) in [5, 5.41) is 11.9. The number of aliphatic hydroxyl groups excluding tert-OH is 1. The van der Waals surface area contributed by atoms with Crippen molar-refractivity contribution in [1.82, 2.24) is 9.55 Å². The van der Waals surface area contributed by atoms with Crippen LogP contribution < -0.4 is 15.2 Å². The van der Waals surface area contributed by atoms with E-state index < -0.39 is 29.7 Å². The number of hydrogen-bond donors (Lipinski definition) is 1. The molecule has 9 heteroatoms. The van der Waals surface area contributed by atoms with Crippen LogP contribution in [-0.4, -0.2) is 47.7 Å². The molecule has 2 fully saturated rings. The molecule has 1 saturated heterocycles. The van der Waals surface area contributed by atoms with E-state index in [2.05, 4.69) is 4.98 Å². The predicted octanol–water partition coefficient (Wildman–Crippen LogP) is 5.42. The molecule has 3 atom stereocenters. The minimum Gasteiger partial charge on any atom is -0.497 e. The van der Waals surface area contributed by atoms with Gasteiger partial charge in [0.2, 0.25) is 5.71 Å². The van der Waals surface area contributed by atoms with Crippen molar-refractivity contribution in [2.45, 2.75) is 30.5 Å². The second-order valence-electron chi connectivity index (χ2n) is 11.2. The Morgan fingerprint density at radius 2 is 1.50 bits per heavy atom. The fourth-order valence-electron chi connectivity index (χ4n) is 6.13. The third-order valence-electron chi connectivity index (χ3n) is 8.54. The van der Waals surface area contributed by atoms with Gasteiger partial charge in [0.05, 0.1) is 32.3 Å². The van der Waals surface area contributed by atoms with Crippen LogP contribution in [0.3, 0.4) is 0 Å². The molecule has 0 spiro atoms. The lowest BCUT2D eigenvalue weighted by Gasteiger charge is -2.37. The van der Waals surface area contributed by atoms with Gasteiger partial charge in [-0.05, 0) is 72.7 Å². The van der Waals surface area contributed by atoms with E-state index in [9.17, 15) is 9.90 Å². The molecule has 233 valence electrons. The number of fused-ring (bicyclic) bond motifs is 1. The van der Waals surface area contributed by atoms with Gasteiger partial charge in [0.1, 0.15) is 35.2 Å². The average Bonchev–Trinajstić information content (AvgIpc) is 3.86. The van der Waals surface area contributed by atoms with Gasteiger partial charge in [-0.25, -0.2) is 4.79 Å². The van der Waals surface area contributed by atoms with Gasteiger partial charge >= 0.3 is 5.69 Å². The number of aromatic nitrogens is 2. The smallest absolute Gasteiger partial charge is 0.353 e. The zero-order chi connectivity index (χ0) is 31.7. The summed E-state index contributed by atoms with van der Waals surface area (Å²) in [6.07, 6.45) is 7.20. The number of furan rings is 1. The summed E-state index contributed by atoms with van der Waals surface area (Å²) in [5.41, 5.74) is 1.26. The monoisotopic (exact) mass is 617 g/mol. The molecule has 0 bridgehead atoms. The van der Waals surface area contributed by atoms with Crippen molar-refractivity contribution in [3.63, 3.8) is 0 Å². The normalized spacial score (nSPS) is 20.4. The van der Waals surface area contributed by atoms with Gasteiger partial charge in [-0.2, -0.15) is 4.98 Å². The summed E-state index contributed by atoms with van der Waals surface area (Å²) >= 11 is 0. The summed E-state index contributed by atoms with van der Waals surface area (Å²) in [4.78, 5) is 17.2. The number of ether oxygens (including phenoxy) is 4. The summed E-state index contributed by atoms with van der Waals surface area (Å²) < 4.78 is 31.4. The van der Waals surface area contributed by atoms with E-state index in [1.807, 2.05) is 111 Å². The third kappa shape index (κ3) is 5.59. The van der Waals surface area contributed by atoms with Crippen LogP contribution in [0, 0.1) is 31.6 Å². The number of rotatable bonds is 10. The molecule has 3 aromatic carbocycles. The van der Waals surface area contributed by atoms with E-state index in [1.165, 1.54) is 4.57 Å². The highest BCUT2D eigenvalue weighted by atomic mass is 16.6. The molecule has 2 aromatic heterocycles. The fourth-order valence-corrected chi connectivity index (χ4v) is 6.13. The van der Waals surface area contributed by atoms with E-state index >= 15 is 0 Å². The number of methoxy groups -OCH3 is 2. The molecule has 1 aliphatic heterocycles. The molecule has 46 heavy (non-hydrogen) atoms. The molecule has 3 heterocycles. The Morgan fingerprint density at radius 3 is 2.11 bits per heavy atom. The summed E-state index contributed by atoms with van der Waals surface area (Å²) in [6, 6.07) is 27.2. The van der Waals surface area contributed by atoms with Gasteiger partial charge in [0, 0.05) is 18.5 Å². The number of aliphatic hydroxyl groups is 1. The van der Waals surface area contributed by atoms with Crippen LogP contribution in [-0.2, 0) is 15.1 Å². The molecule has 5 aromatic rings. The van der Waals surface area contributed by atoms with Crippen LogP contribution >= 0.6 is 0 Å². The second kappa shape index (κ2) is 12.7. The van der Waals surface area contributed by atoms with E-state index in [0.29, 0.717) is 22.6 Å². The molecule has 5 radical (unpaired) electrons. The molecule has 1 N–H and O–H groups in total. The maximum atomic E-state index is 13.1. The lowest BCUT2D eigenvalue weighted by atomic mass is 9.80. The highest BCUT2D eigenvalue weighted by molar-refractivity contribution is 5.74. The van der Waals surface area contributed by atoms with Crippen molar-refractivity contribution < 1.29 is 28.5 Å². The van der Waals surface area contributed by atoms with Crippen LogP contribution in [0.2, 0.25) is 0 Å². The largest absolute Gasteiger partial charge is 0.497 e. The second-order valence-corrected chi connectivity index (χ2v) is 11.2. The molecule has 2 aliphatic rings. The van der Waals surface area contributed by atoms with Crippen LogP contribution in [0.1, 0.15) is 35.1 Å². The van der Waals surface area contributed by atoms with Gasteiger partial charge in [-0.1, -0.05) is 54.6 Å². The van der Waals surface area contributed by atoms with E-state index in [1.54, 1.807) is 20.4 Å². The fraction of sp³-hybridized carbons (Fsp3) is 0.216. The van der Waals surface area contributed by atoms with Crippen molar-refractivity contribution in [2.75, 3.05) is 20.8 Å². The van der Waals surface area contributed by atoms with Gasteiger partial charge < -0.3 is 28.5 Å². The topological polar surface area (TPSA) is 105 Å². The highest BCUT2D eigenvalue weighted by Gasteiger charge is 2.42. The summed E-state index contributed by atoms with van der Waals surface area (Å²) in [6.45, 7) is 0.0297. The van der Waals surface area contributed by atoms with Crippen molar-refractivity contribution in [3.8, 4) is 11.5 Å². The average molecular weight is 618 g/mol. The first-order chi connectivity index (χ1) is 22.5. The summed E-state index contributed by atoms with van der Waals surface area (Å²) in [5.74, 6) is 2.96. The molecular weight excluding hydrogens is 584 g/mol. The lowest BCUT2D eigenvalue weighted by Crippen LogP contribution is -2.38. The Bertz CT molecular complexity index is 1780. The van der Waals surface area contributed by atoms with Crippen LogP contribution in [0.15, 0.2) is 100 Å². The molecule has 7 rings (SSSR count). The third-order valence-corrected chi connectivity index (χ3v) is 8.54. The van der Waals surface area contributed by atoms with Crippen LogP contribution in [0.4, 0.5) is 0 Å². The number of hydrogen-bond acceptors (Lipinski definition) is 8. The maximum Gasteiger partial charge on any atom is 0.353 e. The van der Waals surface area contributed by atoms with Gasteiger partial charge in [-0.3, -0.25) is 4.57 Å². The van der Waals surface area contributed by atoms with E-state index in [0.717, 1.165) is 22.6 Å². The quantitative estimate of drug-likeness (QED) is 0.207. The van der Waals surface area contributed by atoms with Crippen molar-refractivity contribution in [3.05, 3.63) is 156 Å². The Hall–Kier alpha value is -4.44. The number of nitrogens with zero attached hydrogens (tertiary/aromatic N) is 2. The van der Waals surface area contributed by atoms with Crippen LogP contribution in [0.25, 0.3) is 11.1 Å². The lowest BCUT2D eigenvalue weighted by molar-refractivity contribution is -0.0943. The molecule has 0 amide bonds. The Labute approximate surface area is 267 Å². The minimum atomic E-state index is -1.08. The first-order valence-corrected chi connectivity index (χ1v) is 15.1. The van der Waals surface area contributed by atoms with Crippen molar-refractivity contribution in [2.24, 2.45) is 0 Å². The SMILES string of the molecule is COc1ccc(C(OC[C@H]2O[C@@H](n3cc4cc([C]5[CH][CH][CH][CH]5)oc4nc3=O)C[C@@H]2O)(c2ccccc2)c2ccc(OC)cc2)cc1. The predicted molar refractivity (Wildman–Crippen MR) is 171 cm³/mol. The van der Waals surface area contributed by atoms with Gasteiger partial charge in [0.25, 0.3) is 0 Å². The first kappa shape index (κ1) is 30.2. The first-order valence-electron chi connectivity index (χ1n) is 15.1. The van der Waals surface area contributed by atoms with Crippen molar-refractivity contribution >= 4 is 11.1 Å². The Kier molecular flexibility index (Phi) is 8.38. The van der Waals surface area contributed by atoms with Gasteiger partial charge in [-0.15, -0.1) is 0 Å². The molecule has 9 nitrogen and oxygen atoms in total. The van der Waals surface area contributed by atoms with E-state index in [4.69, 9.17) is 23.4 Å². The van der Waals surface area contributed by atoms with Crippen LogP contribution in [0.5, 0.6) is 11.5 Å². The van der Waals surface area contributed by atoms with E-state index in [-0.39, 0.29) is 18.7 Å². The molecule has 1 aliphatic carbocycles. The zero-order valence-corrected chi connectivity index (χ0v) is 25.4. The standard InChI is InChI=1S/C37H33N2O7/c1-42-29-16-12-27(13-17-29)37(26-10-4-3-5-11-26,28-14-18-30(43-2)19-15-28)44-23-33-31(40)21-34(45-33)39-22-25-20-32(24-8-6-7-9-24)46-35(25)38-36(39)41/h3-20,22,31,33-34,40H,21,23H2,1-2H3/t31-,33+,34+/m0/s1.